The quantitative estimate of drug-likeness (QED) is 0.711. The Morgan fingerprint density at radius 1 is 1.20 bits per heavy atom. The number of thiazole rings is 1. The number of benzene rings is 2. The average molecular weight is 368 g/mol. The summed E-state index contributed by atoms with van der Waals surface area (Å²) in [4.78, 5) is 4.61. The van der Waals surface area contributed by atoms with Crippen LogP contribution in [0.5, 0.6) is 0 Å². The fraction of sp³-hybridized carbons (Fsp3) is 0.133. The zero-order valence-corrected chi connectivity index (χ0v) is 13.7. The number of aromatic nitrogens is 1. The van der Waals surface area contributed by atoms with E-state index in [1.54, 1.807) is 11.3 Å². The van der Waals surface area contributed by atoms with E-state index in [4.69, 9.17) is 17.3 Å². The monoisotopic (exact) mass is 366 g/mol. The molecular formula is C15H12BrClN2S. The average Bonchev–Trinajstić information content (AvgIpc) is 2.83. The maximum absolute atomic E-state index is 6.29. The van der Waals surface area contributed by atoms with Gasteiger partial charge in [-0.1, -0.05) is 35.9 Å². The maximum atomic E-state index is 6.29. The number of hydrogen-bond donors (Lipinski definition) is 1. The second-order valence-corrected chi connectivity index (χ2v) is 6.88. The molecule has 20 heavy (non-hydrogen) atoms. The van der Waals surface area contributed by atoms with E-state index >= 15 is 0 Å². The SMILES string of the molecule is NC(Cc1nc2ccccc2s1)c1cccc(Br)c1Cl. The molecule has 1 unspecified atom stereocenters. The summed E-state index contributed by atoms with van der Waals surface area (Å²) in [6.45, 7) is 0. The molecule has 0 spiro atoms. The molecule has 0 amide bonds. The number of nitrogens with zero attached hydrogens (tertiary/aromatic N) is 1. The molecule has 1 atom stereocenters. The molecule has 102 valence electrons. The number of hydrogen-bond acceptors (Lipinski definition) is 3. The highest BCUT2D eigenvalue weighted by atomic mass is 79.9. The molecule has 1 aromatic heterocycles. The Balaban J connectivity index is 1.88. The van der Waals surface area contributed by atoms with Crippen LogP contribution in [0.3, 0.4) is 0 Å². The standard InChI is InChI=1S/C15H12BrClN2S/c16-10-5-3-4-9(15(10)17)11(18)8-14-19-12-6-1-2-7-13(12)20-14/h1-7,11H,8,18H2. The van der Waals surface area contributed by atoms with E-state index in [2.05, 4.69) is 27.0 Å². The maximum Gasteiger partial charge on any atom is 0.0957 e. The number of halogens is 2. The van der Waals surface area contributed by atoms with Crippen LogP contribution in [-0.2, 0) is 6.42 Å². The van der Waals surface area contributed by atoms with Crippen molar-refractivity contribution < 1.29 is 0 Å². The lowest BCUT2D eigenvalue weighted by Crippen LogP contribution is -2.13. The molecule has 0 aliphatic heterocycles. The van der Waals surface area contributed by atoms with E-state index in [1.165, 1.54) is 4.70 Å². The third-order valence-electron chi connectivity index (χ3n) is 3.11. The van der Waals surface area contributed by atoms with Crippen LogP contribution in [0.15, 0.2) is 46.9 Å². The van der Waals surface area contributed by atoms with Crippen LogP contribution in [-0.4, -0.2) is 4.98 Å². The first-order chi connectivity index (χ1) is 9.65. The summed E-state index contributed by atoms with van der Waals surface area (Å²) in [6.07, 6.45) is 0.690. The van der Waals surface area contributed by atoms with Crippen molar-refractivity contribution in [2.75, 3.05) is 0 Å². The van der Waals surface area contributed by atoms with E-state index in [1.807, 2.05) is 36.4 Å². The molecule has 0 saturated heterocycles. The minimum atomic E-state index is -0.152. The molecule has 3 rings (SSSR count). The number of para-hydroxylation sites is 1. The highest BCUT2D eigenvalue weighted by Gasteiger charge is 2.15. The first-order valence-electron chi connectivity index (χ1n) is 6.19. The van der Waals surface area contributed by atoms with Crippen molar-refractivity contribution in [1.29, 1.82) is 0 Å². The molecule has 0 aliphatic rings. The van der Waals surface area contributed by atoms with Crippen molar-refractivity contribution >= 4 is 49.1 Å². The molecule has 0 fully saturated rings. The van der Waals surface area contributed by atoms with Gasteiger partial charge < -0.3 is 5.73 Å². The fourth-order valence-corrected chi connectivity index (χ4v) is 3.79. The first-order valence-corrected chi connectivity index (χ1v) is 8.18. The van der Waals surface area contributed by atoms with Gasteiger partial charge in [0.05, 0.1) is 20.2 Å². The van der Waals surface area contributed by atoms with Crippen LogP contribution in [0, 0.1) is 0 Å². The van der Waals surface area contributed by atoms with Crippen molar-refractivity contribution in [2.24, 2.45) is 5.73 Å². The third-order valence-corrected chi connectivity index (χ3v) is 5.48. The van der Waals surface area contributed by atoms with Crippen molar-refractivity contribution in [2.45, 2.75) is 12.5 Å². The summed E-state index contributed by atoms with van der Waals surface area (Å²) in [5.74, 6) is 0. The fourth-order valence-electron chi connectivity index (χ4n) is 2.11. The summed E-state index contributed by atoms with van der Waals surface area (Å²) in [6, 6.07) is 13.8. The van der Waals surface area contributed by atoms with Gasteiger partial charge in [0.1, 0.15) is 0 Å². The van der Waals surface area contributed by atoms with Gasteiger partial charge in [-0.05, 0) is 39.7 Å². The lowest BCUT2D eigenvalue weighted by molar-refractivity contribution is 0.719. The largest absolute Gasteiger partial charge is 0.324 e. The Hall–Kier alpha value is -0.940. The summed E-state index contributed by atoms with van der Waals surface area (Å²) < 4.78 is 2.06. The Morgan fingerprint density at radius 2 is 2.00 bits per heavy atom. The van der Waals surface area contributed by atoms with E-state index in [-0.39, 0.29) is 6.04 Å². The zero-order valence-electron chi connectivity index (χ0n) is 10.5. The smallest absolute Gasteiger partial charge is 0.0957 e. The van der Waals surface area contributed by atoms with Crippen LogP contribution in [0.4, 0.5) is 0 Å². The zero-order chi connectivity index (χ0) is 14.1. The molecule has 2 nitrogen and oxygen atoms in total. The van der Waals surface area contributed by atoms with Gasteiger partial charge in [-0.3, -0.25) is 0 Å². The van der Waals surface area contributed by atoms with Gasteiger partial charge >= 0.3 is 0 Å². The van der Waals surface area contributed by atoms with Crippen LogP contribution in [0.2, 0.25) is 5.02 Å². The van der Waals surface area contributed by atoms with Crippen molar-refractivity contribution in [3.05, 3.63) is 62.5 Å². The Morgan fingerprint density at radius 3 is 2.80 bits per heavy atom. The van der Waals surface area contributed by atoms with Crippen LogP contribution in [0.1, 0.15) is 16.6 Å². The summed E-state index contributed by atoms with van der Waals surface area (Å²) in [7, 11) is 0. The van der Waals surface area contributed by atoms with E-state index in [9.17, 15) is 0 Å². The topological polar surface area (TPSA) is 38.9 Å². The second kappa shape index (κ2) is 5.82. The normalized spacial score (nSPS) is 12.8. The molecule has 3 aromatic rings. The van der Waals surface area contributed by atoms with Crippen LogP contribution >= 0.6 is 38.9 Å². The van der Waals surface area contributed by atoms with Gasteiger partial charge in [-0.15, -0.1) is 11.3 Å². The number of nitrogens with two attached hydrogens (primary N) is 1. The van der Waals surface area contributed by atoms with Gasteiger partial charge in [-0.2, -0.15) is 0 Å². The lowest BCUT2D eigenvalue weighted by atomic mass is 10.1. The van der Waals surface area contributed by atoms with Crippen molar-refractivity contribution in [1.82, 2.24) is 4.98 Å². The molecule has 2 aromatic carbocycles. The second-order valence-electron chi connectivity index (χ2n) is 4.53. The Labute approximate surface area is 134 Å². The first kappa shape index (κ1) is 14.0. The molecule has 0 aliphatic carbocycles. The minimum absolute atomic E-state index is 0.152. The highest BCUT2D eigenvalue weighted by molar-refractivity contribution is 9.10. The minimum Gasteiger partial charge on any atom is -0.324 e. The van der Waals surface area contributed by atoms with E-state index in [0.717, 1.165) is 20.6 Å². The van der Waals surface area contributed by atoms with Gasteiger partial charge in [-0.25, -0.2) is 4.98 Å². The predicted molar refractivity (Wildman–Crippen MR) is 89.4 cm³/mol. The molecule has 0 radical (unpaired) electrons. The summed E-state index contributed by atoms with van der Waals surface area (Å²) in [5, 5.41) is 1.72. The number of rotatable bonds is 3. The summed E-state index contributed by atoms with van der Waals surface area (Å²) >= 11 is 11.4. The van der Waals surface area contributed by atoms with E-state index in [0.29, 0.717) is 11.4 Å². The highest BCUT2D eigenvalue weighted by Crippen LogP contribution is 2.32. The molecule has 0 saturated carbocycles. The van der Waals surface area contributed by atoms with Gasteiger partial charge in [0.25, 0.3) is 0 Å². The van der Waals surface area contributed by atoms with Crippen LogP contribution < -0.4 is 5.73 Å². The van der Waals surface area contributed by atoms with Crippen molar-refractivity contribution in [3.63, 3.8) is 0 Å². The van der Waals surface area contributed by atoms with E-state index < -0.39 is 0 Å². The van der Waals surface area contributed by atoms with Crippen molar-refractivity contribution in [3.8, 4) is 0 Å². The predicted octanol–water partition coefficient (Wildman–Crippen LogP) is 4.95. The molecule has 1 heterocycles. The van der Waals surface area contributed by atoms with Gasteiger partial charge in [0, 0.05) is 16.9 Å². The lowest BCUT2D eigenvalue weighted by Gasteiger charge is -2.13. The van der Waals surface area contributed by atoms with Gasteiger partial charge in [0.2, 0.25) is 0 Å². The third kappa shape index (κ3) is 2.74. The molecule has 2 N–H and O–H groups in total. The number of fused-ring (bicyclic) bond motifs is 1. The van der Waals surface area contributed by atoms with Crippen LogP contribution in [0.25, 0.3) is 10.2 Å². The summed E-state index contributed by atoms with van der Waals surface area (Å²) in [5.41, 5.74) is 8.25. The van der Waals surface area contributed by atoms with Gasteiger partial charge in [0.15, 0.2) is 0 Å². The molecule has 0 bridgehead atoms. The molecule has 5 heteroatoms. The Kier molecular flexibility index (Phi) is 4.08. The Bertz CT molecular complexity index is 723. The molecular weight excluding hydrogens is 356 g/mol.